The first kappa shape index (κ1) is 16.3. The molecule has 116 valence electrons. The standard InChI is InChI=1S/C16H19N3O2S/c1-3-4-12-5-7-13(8-6-12)14(20)9-10-15(21)17-16-19-18-11(2)22-16/h5-8H,3-4,9-10H2,1-2H3,(H,17,19,21). The molecule has 2 aromatic rings. The van der Waals surface area contributed by atoms with E-state index in [1.54, 1.807) is 0 Å². The first-order valence-corrected chi connectivity index (χ1v) is 8.12. The molecule has 0 saturated heterocycles. The SMILES string of the molecule is CCCc1ccc(C(=O)CCC(=O)Nc2nnc(C)s2)cc1. The molecule has 1 aromatic heterocycles. The second-order valence-corrected chi connectivity index (χ2v) is 6.23. The van der Waals surface area contributed by atoms with Crippen molar-refractivity contribution in [2.24, 2.45) is 0 Å². The van der Waals surface area contributed by atoms with Gasteiger partial charge in [0, 0.05) is 18.4 Å². The van der Waals surface area contributed by atoms with Gasteiger partial charge < -0.3 is 5.32 Å². The third-order valence-electron chi connectivity index (χ3n) is 3.17. The summed E-state index contributed by atoms with van der Waals surface area (Å²) < 4.78 is 0. The van der Waals surface area contributed by atoms with E-state index in [1.807, 2.05) is 31.2 Å². The third kappa shape index (κ3) is 4.73. The van der Waals surface area contributed by atoms with E-state index < -0.39 is 0 Å². The quantitative estimate of drug-likeness (QED) is 0.794. The Morgan fingerprint density at radius 1 is 1.14 bits per heavy atom. The van der Waals surface area contributed by atoms with Crippen LogP contribution in [-0.4, -0.2) is 21.9 Å². The minimum absolute atomic E-state index is 0.0216. The van der Waals surface area contributed by atoms with Crippen LogP contribution in [0.3, 0.4) is 0 Å². The molecule has 0 saturated carbocycles. The Labute approximate surface area is 133 Å². The highest BCUT2D eigenvalue weighted by Crippen LogP contribution is 2.15. The smallest absolute Gasteiger partial charge is 0.226 e. The lowest BCUT2D eigenvalue weighted by atomic mass is 10.0. The van der Waals surface area contributed by atoms with E-state index in [-0.39, 0.29) is 24.5 Å². The summed E-state index contributed by atoms with van der Waals surface area (Å²) in [5, 5.41) is 11.6. The van der Waals surface area contributed by atoms with Crippen LogP contribution in [0.1, 0.15) is 47.1 Å². The Morgan fingerprint density at radius 2 is 1.86 bits per heavy atom. The average molecular weight is 317 g/mol. The number of ketones is 1. The first-order chi connectivity index (χ1) is 10.6. The number of anilines is 1. The van der Waals surface area contributed by atoms with Crippen LogP contribution in [0.5, 0.6) is 0 Å². The number of benzene rings is 1. The van der Waals surface area contributed by atoms with E-state index in [4.69, 9.17) is 0 Å². The summed E-state index contributed by atoms with van der Waals surface area (Å²) in [5.74, 6) is -0.237. The van der Waals surface area contributed by atoms with Gasteiger partial charge in [0.05, 0.1) is 0 Å². The van der Waals surface area contributed by atoms with Gasteiger partial charge >= 0.3 is 0 Å². The van der Waals surface area contributed by atoms with Crippen molar-refractivity contribution in [3.63, 3.8) is 0 Å². The molecule has 2 rings (SSSR count). The van der Waals surface area contributed by atoms with Gasteiger partial charge in [-0.25, -0.2) is 0 Å². The molecule has 0 unspecified atom stereocenters. The summed E-state index contributed by atoms with van der Waals surface area (Å²) in [6.45, 7) is 3.94. The van der Waals surface area contributed by atoms with E-state index in [9.17, 15) is 9.59 Å². The van der Waals surface area contributed by atoms with E-state index >= 15 is 0 Å². The lowest BCUT2D eigenvalue weighted by molar-refractivity contribution is -0.116. The molecule has 0 aliphatic carbocycles. The normalized spacial score (nSPS) is 10.5. The van der Waals surface area contributed by atoms with Crippen molar-refractivity contribution in [2.45, 2.75) is 39.5 Å². The molecule has 1 heterocycles. The minimum atomic E-state index is -0.216. The molecule has 0 bridgehead atoms. The molecule has 1 N–H and O–H groups in total. The second kappa shape index (κ2) is 7.79. The van der Waals surface area contributed by atoms with E-state index in [0.717, 1.165) is 17.8 Å². The van der Waals surface area contributed by atoms with Crippen LogP contribution in [0, 0.1) is 6.92 Å². The number of aromatic nitrogens is 2. The molecule has 0 aliphatic heterocycles. The fraction of sp³-hybridized carbons (Fsp3) is 0.375. The Morgan fingerprint density at radius 3 is 2.45 bits per heavy atom. The van der Waals surface area contributed by atoms with Crippen molar-refractivity contribution in [2.75, 3.05) is 5.32 Å². The van der Waals surface area contributed by atoms with E-state index in [2.05, 4.69) is 22.4 Å². The van der Waals surface area contributed by atoms with Crippen molar-refractivity contribution in [3.05, 3.63) is 40.4 Å². The van der Waals surface area contributed by atoms with Crippen molar-refractivity contribution in [1.29, 1.82) is 0 Å². The van der Waals surface area contributed by atoms with E-state index in [1.165, 1.54) is 16.9 Å². The van der Waals surface area contributed by atoms with Crippen LogP contribution < -0.4 is 5.32 Å². The molecule has 6 heteroatoms. The van der Waals surface area contributed by atoms with Crippen LogP contribution in [-0.2, 0) is 11.2 Å². The van der Waals surface area contributed by atoms with Crippen molar-refractivity contribution in [1.82, 2.24) is 10.2 Å². The van der Waals surface area contributed by atoms with Crippen molar-refractivity contribution in [3.8, 4) is 0 Å². The van der Waals surface area contributed by atoms with Crippen molar-refractivity contribution >= 4 is 28.2 Å². The number of hydrogen-bond acceptors (Lipinski definition) is 5. The van der Waals surface area contributed by atoms with Gasteiger partial charge in [-0.05, 0) is 18.9 Å². The number of aryl methyl sites for hydroxylation is 2. The number of nitrogens with zero attached hydrogens (tertiary/aromatic N) is 2. The lowest BCUT2D eigenvalue weighted by Gasteiger charge is -2.03. The fourth-order valence-electron chi connectivity index (χ4n) is 2.05. The van der Waals surface area contributed by atoms with E-state index in [0.29, 0.717) is 10.7 Å². The zero-order valence-electron chi connectivity index (χ0n) is 12.8. The molecule has 1 amide bonds. The molecular weight excluding hydrogens is 298 g/mol. The van der Waals surface area contributed by atoms with Crippen LogP contribution in [0.4, 0.5) is 5.13 Å². The van der Waals surface area contributed by atoms with Gasteiger partial charge in [-0.15, -0.1) is 10.2 Å². The Kier molecular flexibility index (Phi) is 5.77. The predicted octanol–water partition coefficient (Wildman–Crippen LogP) is 3.40. The molecule has 0 spiro atoms. The van der Waals surface area contributed by atoms with Gasteiger partial charge in [0.15, 0.2) is 5.78 Å². The summed E-state index contributed by atoms with van der Waals surface area (Å²) in [4.78, 5) is 23.8. The largest absolute Gasteiger partial charge is 0.301 e. The minimum Gasteiger partial charge on any atom is -0.301 e. The number of nitrogens with one attached hydrogen (secondary N) is 1. The maximum atomic E-state index is 12.1. The Bertz CT molecular complexity index is 650. The molecule has 0 aliphatic rings. The third-order valence-corrected chi connectivity index (χ3v) is 3.92. The highest BCUT2D eigenvalue weighted by Gasteiger charge is 2.11. The van der Waals surface area contributed by atoms with Gasteiger partial charge in [0.25, 0.3) is 0 Å². The second-order valence-electron chi connectivity index (χ2n) is 5.04. The highest BCUT2D eigenvalue weighted by molar-refractivity contribution is 7.15. The molecule has 1 aromatic carbocycles. The lowest BCUT2D eigenvalue weighted by Crippen LogP contribution is -2.13. The number of Topliss-reactive ketones (excluding diaryl/α,β-unsaturated/α-hetero) is 1. The van der Waals surface area contributed by atoms with Gasteiger partial charge in [-0.3, -0.25) is 9.59 Å². The summed E-state index contributed by atoms with van der Waals surface area (Å²) in [6.07, 6.45) is 2.43. The van der Waals surface area contributed by atoms with Gasteiger partial charge in [-0.2, -0.15) is 0 Å². The van der Waals surface area contributed by atoms with Gasteiger partial charge in [0.2, 0.25) is 11.0 Å². The number of carbonyl (C=O) groups is 2. The van der Waals surface area contributed by atoms with Crippen LogP contribution in [0.15, 0.2) is 24.3 Å². The average Bonchev–Trinajstić information content (AvgIpc) is 2.91. The molecule has 5 nitrogen and oxygen atoms in total. The summed E-state index contributed by atoms with van der Waals surface area (Å²) in [7, 11) is 0. The molecule has 0 atom stereocenters. The maximum Gasteiger partial charge on any atom is 0.226 e. The fourth-order valence-corrected chi connectivity index (χ4v) is 2.65. The summed E-state index contributed by atoms with van der Waals surface area (Å²) in [5.41, 5.74) is 1.88. The zero-order chi connectivity index (χ0) is 15.9. The molecule has 22 heavy (non-hydrogen) atoms. The zero-order valence-corrected chi connectivity index (χ0v) is 13.6. The number of rotatable bonds is 7. The number of hydrogen-bond donors (Lipinski definition) is 1. The first-order valence-electron chi connectivity index (χ1n) is 7.30. The van der Waals surface area contributed by atoms with Gasteiger partial charge in [-0.1, -0.05) is 48.9 Å². The maximum absolute atomic E-state index is 12.1. The molecule has 0 radical (unpaired) electrons. The molecular formula is C16H19N3O2S. The number of amides is 1. The molecule has 0 fully saturated rings. The topological polar surface area (TPSA) is 72.0 Å². The Balaban J connectivity index is 1.82. The van der Waals surface area contributed by atoms with Crippen LogP contribution in [0.25, 0.3) is 0 Å². The van der Waals surface area contributed by atoms with Crippen molar-refractivity contribution < 1.29 is 9.59 Å². The Hall–Kier alpha value is -2.08. The summed E-state index contributed by atoms with van der Waals surface area (Å²) in [6, 6.07) is 7.61. The van der Waals surface area contributed by atoms with Crippen LogP contribution >= 0.6 is 11.3 Å². The summed E-state index contributed by atoms with van der Waals surface area (Å²) >= 11 is 1.31. The highest BCUT2D eigenvalue weighted by atomic mass is 32.1. The van der Waals surface area contributed by atoms with Gasteiger partial charge in [0.1, 0.15) is 5.01 Å². The number of carbonyl (C=O) groups excluding carboxylic acids is 2. The monoisotopic (exact) mass is 317 g/mol. The van der Waals surface area contributed by atoms with Crippen LogP contribution in [0.2, 0.25) is 0 Å². The predicted molar refractivity (Wildman–Crippen MR) is 87.3 cm³/mol.